The van der Waals surface area contributed by atoms with Crippen LogP contribution in [0.3, 0.4) is 0 Å². The van der Waals surface area contributed by atoms with E-state index in [2.05, 4.69) is 10.6 Å². The lowest BCUT2D eigenvalue weighted by molar-refractivity contribution is -0.271. The van der Waals surface area contributed by atoms with Gasteiger partial charge in [0.25, 0.3) is 10.0 Å². The molecule has 1 saturated carbocycles. The first-order valence-electron chi connectivity index (χ1n) is 12.9. The third-order valence-corrected chi connectivity index (χ3v) is 9.13. The number of fused-ring (bicyclic) bond motifs is 1. The summed E-state index contributed by atoms with van der Waals surface area (Å²) in [6.45, 7) is 4.72. The van der Waals surface area contributed by atoms with Gasteiger partial charge in [0.1, 0.15) is 17.7 Å². The van der Waals surface area contributed by atoms with Crippen LogP contribution in [-0.4, -0.2) is 51.4 Å². The van der Waals surface area contributed by atoms with Crippen LogP contribution in [0.2, 0.25) is 0 Å². The van der Waals surface area contributed by atoms with Crippen LogP contribution >= 0.6 is 0 Å². The highest BCUT2D eigenvalue weighted by molar-refractivity contribution is 7.92. The van der Waals surface area contributed by atoms with Crippen LogP contribution in [0.15, 0.2) is 47.4 Å². The Hall–Kier alpha value is -3.55. The van der Waals surface area contributed by atoms with Gasteiger partial charge in [-0.1, -0.05) is 13.8 Å². The number of amides is 2. The molecule has 2 aromatic rings. The minimum absolute atomic E-state index is 0.0175. The summed E-state index contributed by atoms with van der Waals surface area (Å²) in [7, 11) is -4.29. The maximum Gasteiger partial charge on any atom is 0.428 e. The SMILES string of the molecule is CC(=O)NCC1CN(S(=O)(=O)c2ccc(F)cc2)c2cc(NC(=O)OC3(C(F)(F)F)CCC(C)(C)CC3)ccc2O1. The molecule has 0 radical (unpaired) electrons. The average Bonchev–Trinajstić information content (AvgIpc) is 2.88. The number of anilines is 2. The fourth-order valence-electron chi connectivity index (χ4n) is 4.81. The van der Waals surface area contributed by atoms with Crippen molar-refractivity contribution in [1.82, 2.24) is 5.32 Å². The second kappa shape index (κ2) is 11.0. The van der Waals surface area contributed by atoms with Crippen molar-refractivity contribution < 1.29 is 45.0 Å². The molecule has 0 spiro atoms. The van der Waals surface area contributed by atoms with Crippen molar-refractivity contribution in [3.8, 4) is 5.75 Å². The molecular formula is C27H31F4N3O6S. The number of carbonyl (C=O) groups is 2. The van der Waals surface area contributed by atoms with E-state index in [1.54, 1.807) is 0 Å². The number of nitrogens with one attached hydrogen (secondary N) is 2. The summed E-state index contributed by atoms with van der Waals surface area (Å²) < 4.78 is 94.6. The van der Waals surface area contributed by atoms with E-state index in [1.807, 2.05) is 13.8 Å². The number of hydrogen-bond acceptors (Lipinski definition) is 6. The zero-order chi connectivity index (χ0) is 30.2. The molecule has 0 saturated heterocycles. The molecule has 1 aliphatic carbocycles. The van der Waals surface area contributed by atoms with Crippen LogP contribution in [0, 0.1) is 11.2 Å². The predicted octanol–water partition coefficient (Wildman–Crippen LogP) is 5.37. The molecule has 0 aromatic heterocycles. The number of rotatable bonds is 6. The highest BCUT2D eigenvalue weighted by Crippen LogP contribution is 2.50. The van der Waals surface area contributed by atoms with Gasteiger partial charge in [0, 0.05) is 12.6 Å². The van der Waals surface area contributed by atoms with Crippen molar-refractivity contribution in [1.29, 1.82) is 0 Å². The highest BCUT2D eigenvalue weighted by Gasteiger charge is 2.60. The van der Waals surface area contributed by atoms with Crippen LogP contribution in [0.1, 0.15) is 46.5 Å². The highest BCUT2D eigenvalue weighted by atomic mass is 32.2. The van der Waals surface area contributed by atoms with Crippen LogP contribution in [0.25, 0.3) is 0 Å². The molecule has 1 aliphatic heterocycles. The smallest absolute Gasteiger partial charge is 0.428 e. The van der Waals surface area contributed by atoms with E-state index in [0.717, 1.165) is 28.6 Å². The average molecular weight is 602 g/mol. The maximum absolute atomic E-state index is 14.0. The van der Waals surface area contributed by atoms with Crippen molar-refractivity contribution in [2.24, 2.45) is 5.41 Å². The van der Waals surface area contributed by atoms with Crippen LogP contribution in [-0.2, 0) is 19.6 Å². The summed E-state index contributed by atoms with van der Waals surface area (Å²) in [5.41, 5.74) is -3.01. The molecule has 0 bridgehead atoms. The predicted molar refractivity (Wildman–Crippen MR) is 142 cm³/mol. The number of nitrogens with zero attached hydrogens (tertiary/aromatic N) is 1. The Balaban J connectivity index is 1.62. The summed E-state index contributed by atoms with van der Waals surface area (Å²) >= 11 is 0. The van der Waals surface area contributed by atoms with Crippen LogP contribution < -0.4 is 19.7 Å². The fraction of sp³-hybridized carbons (Fsp3) is 0.481. The Morgan fingerprint density at radius 3 is 2.29 bits per heavy atom. The van der Waals surface area contributed by atoms with E-state index in [1.165, 1.54) is 25.1 Å². The molecule has 2 aliphatic rings. The third kappa shape index (κ3) is 6.68. The number of hydrogen-bond donors (Lipinski definition) is 2. The van der Waals surface area contributed by atoms with Gasteiger partial charge in [-0.2, -0.15) is 13.2 Å². The Kier molecular flexibility index (Phi) is 8.18. The number of sulfonamides is 1. The van der Waals surface area contributed by atoms with E-state index in [-0.39, 0.29) is 72.1 Å². The zero-order valence-corrected chi connectivity index (χ0v) is 23.5. The maximum atomic E-state index is 14.0. The molecule has 1 heterocycles. The Morgan fingerprint density at radius 2 is 1.71 bits per heavy atom. The summed E-state index contributed by atoms with van der Waals surface area (Å²) in [4.78, 5) is 23.9. The van der Waals surface area contributed by atoms with Gasteiger partial charge in [-0.05, 0) is 73.6 Å². The minimum Gasteiger partial charge on any atom is -0.484 e. The van der Waals surface area contributed by atoms with Crippen molar-refractivity contribution >= 4 is 33.4 Å². The van der Waals surface area contributed by atoms with E-state index >= 15 is 0 Å². The lowest BCUT2D eigenvalue weighted by Crippen LogP contribution is -2.52. The van der Waals surface area contributed by atoms with Crippen molar-refractivity contribution in [3.63, 3.8) is 0 Å². The second-order valence-corrected chi connectivity index (χ2v) is 12.9. The molecule has 14 heteroatoms. The summed E-state index contributed by atoms with van der Waals surface area (Å²) in [6, 6.07) is 8.05. The lowest BCUT2D eigenvalue weighted by atomic mass is 9.70. The van der Waals surface area contributed by atoms with E-state index in [9.17, 15) is 35.6 Å². The largest absolute Gasteiger partial charge is 0.484 e. The second-order valence-electron chi connectivity index (χ2n) is 11.0. The van der Waals surface area contributed by atoms with Crippen molar-refractivity contribution in [2.75, 3.05) is 22.7 Å². The van der Waals surface area contributed by atoms with Crippen LogP contribution in [0.5, 0.6) is 5.75 Å². The zero-order valence-electron chi connectivity index (χ0n) is 22.7. The topological polar surface area (TPSA) is 114 Å². The summed E-state index contributed by atoms with van der Waals surface area (Å²) in [5, 5.41) is 4.84. The van der Waals surface area contributed by atoms with E-state index < -0.39 is 39.8 Å². The Morgan fingerprint density at radius 1 is 1.07 bits per heavy atom. The van der Waals surface area contributed by atoms with Gasteiger partial charge >= 0.3 is 12.3 Å². The Bertz CT molecular complexity index is 1400. The fourth-order valence-corrected chi connectivity index (χ4v) is 6.31. The summed E-state index contributed by atoms with van der Waals surface area (Å²) in [5.74, 6) is -0.918. The van der Waals surface area contributed by atoms with Gasteiger partial charge in [-0.25, -0.2) is 17.6 Å². The first kappa shape index (κ1) is 30.4. The molecule has 1 fully saturated rings. The number of benzene rings is 2. The molecule has 4 rings (SSSR count). The third-order valence-electron chi connectivity index (χ3n) is 7.33. The quantitative estimate of drug-likeness (QED) is 0.431. The Labute approximate surface area is 235 Å². The minimum atomic E-state index is -4.78. The number of carbonyl (C=O) groups excluding carboxylic acids is 2. The van der Waals surface area contributed by atoms with Crippen molar-refractivity contribution in [2.45, 2.75) is 69.2 Å². The molecule has 2 amide bonds. The molecule has 1 unspecified atom stereocenters. The lowest BCUT2D eigenvalue weighted by Gasteiger charge is -2.43. The monoisotopic (exact) mass is 601 g/mol. The van der Waals surface area contributed by atoms with Crippen molar-refractivity contribution in [3.05, 3.63) is 48.3 Å². The van der Waals surface area contributed by atoms with Gasteiger partial charge in [-0.3, -0.25) is 14.4 Å². The van der Waals surface area contributed by atoms with Crippen LogP contribution in [0.4, 0.5) is 33.7 Å². The molecule has 224 valence electrons. The van der Waals surface area contributed by atoms with E-state index in [0.29, 0.717) is 0 Å². The normalized spacial score (nSPS) is 19.9. The number of alkyl halides is 3. The molecule has 2 N–H and O–H groups in total. The number of halogens is 4. The van der Waals surface area contributed by atoms with Gasteiger partial charge in [0.15, 0.2) is 0 Å². The van der Waals surface area contributed by atoms with Gasteiger partial charge in [0.2, 0.25) is 11.5 Å². The molecular weight excluding hydrogens is 570 g/mol. The van der Waals surface area contributed by atoms with E-state index in [4.69, 9.17) is 9.47 Å². The standard InChI is InChI=1S/C27H31F4N3O6S/c1-17(35)32-15-20-16-34(41(37,38)21-7-4-18(28)5-8-21)22-14-19(6-9-23(22)39-20)33-24(36)40-26(27(29,30)31)12-10-25(2,3)11-13-26/h4-9,14,20H,10-13,15-16H2,1-3H3,(H,32,35)(H,33,36). The molecule has 1 atom stereocenters. The number of ether oxygens (including phenoxy) is 2. The van der Waals surface area contributed by atoms with Gasteiger partial charge in [0.05, 0.1) is 23.7 Å². The first-order valence-corrected chi connectivity index (χ1v) is 14.4. The molecule has 9 nitrogen and oxygen atoms in total. The van der Waals surface area contributed by atoms with Gasteiger partial charge in [-0.15, -0.1) is 0 Å². The first-order chi connectivity index (χ1) is 19.0. The molecule has 41 heavy (non-hydrogen) atoms. The summed E-state index contributed by atoms with van der Waals surface area (Å²) in [6.07, 6.45) is -7.25. The molecule has 2 aromatic carbocycles. The van der Waals surface area contributed by atoms with Gasteiger partial charge < -0.3 is 14.8 Å².